The van der Waals surface area contributed by atoms with E-state index in [1.807, 2.05) is 6.82 Å². The van der Waals surface area contributed by atoms with Crippen LogP contribution in [0.15, 0.2) is 18.2 Å². The number of hydrogen-bond donors (Lipinski definition) is 2. The van der Waals surface area contributed by atoms with Gasteiger partial charge in [0.1, 0.15) is 11.5 Å². The van der Waals surface area contributed by atoms with E-state index in [-0.39, 0.29) is 11.5 Å². The first kappa shape index (κ1) is 7.00. The monoisotopic (exact) mass is 136 g/mol. The number of phenolic OH excluding ortho intramolecular Hbond substituents is 2. The summed E-state index contributed by atoms with van der Waals surface area (Å²) >= 11 is 0. The molecule has 0 saturated carbocycles. The summed E-state index contributed by atoms with van der Waals surface area (Å²) in [7, 11) is 0.736. The Hall–Kier alpha value is -1.12. The van der Waals surface area contributed by atoms with Gasteiger partial charge in [-0.2, -0.15) is 0 Å². The average molecular weight is 136 g/mol. The van der Waals surface area contributed by atoms with E-state index in [9.17, 15) is 0 Å². The Morgan fingerprint density at radius 2 is 2.00 bits per heavy atom. The molecule has 0 aromatic heterocycles. The fourth-order valence-corrected chi connectivity index (χ4v) is 0.855. The van der Waals surface area contributed by atoms with Crippen molar-refractivity contribution in [3.63, 3.8) is 0 Å². The van der Waals surface area contributed by atoms with Gasteiger partial charge in [0.05, 0.1) is 0 Å². The van der Waals surface area contributed by atoms with Crippen LogP contribution in [-0.2, 0) is 0 Å². The second kappa shape index (κ2) is 2.65. The van der Waals surface area contributed by atoms with Crippen molar-refractivity contribution in [1.29, 1.82) is 0 Å². The molecule has 1 aromatic carbocycles. The van der Waals surface area contributed by atoms with Gasteiger partial charge < -0.3 is 10.2 Å². The number of phenols is 2. The molecule has 0 radical (unpaired) electrons. The number of rotatable bonds is 1. The second-order valence-electron chi connectivity index (χ2n) is 2.17. The third kappa shape index (κ3) is 1.24. The highest BCUT2D eigenvalue weighted by Gasteiger charge is 1.98. The van der Waals surface area contributed by atoms with Crippen LogP contribution in [-0.4, -0.2) is 17.5 Å². The summed E-state index contributed by atoms with van der Waals surface area (Å²) in [5.74, 6) is 0.454. The van der Waals surface area contributed by atoms with Gasteiger partial charge in [0.25, 0.3) is 0 Å². The molecular weight excluding hydrogens is 127 g/mol. The van der Waals surface area contributed by atoms with E-state index in [1.54, 1.807) is 6.07 Å². The van der Waals surface area contributed by atoms with Crippen molar-refractivity contribution in [2.24, 2.45) is 0 Å². The highest BCUT2D eigenvalue weighted by atomic mass is 16.3. The molecule has 10 heavy (non-hydrogen) atoms. The Bertz CT molecular complexity index is 235. The molecule has 1 rings (SSSR count). The lowest BCUT2D eigenvalue weighted by Gasteiger charge is -1.99. The van der Waals surface area contributed by atoms with Gasteiger partial charge in [-0.1, -0.05) is 6.82 Å². The molecule has 0 heterocycles. The smallest absolute Gasteiger partial charge is 0.159 e. The van der Waals surface area contributed by atoms with Crippen LogP contribution < -0.4 is 5.46 Å². The fourth-order valence-electron chi connectivity index (χ4n) is 0.855. The van der Waals surface area contributed by atoms with E-state index < -0.39 is 0 Å². The molecule has 0 aliphatic heterocycles. The Morgan fingerprint density at radius 1 is 1.30 bits per heavy atom. The molecule has 0 bridgehead atoms. The Morgan fingerprint density at radius 3 is 2.50 bits per heavy atom. The first-order valence-electron chi connectivity index (χ1n) is 3.25. The number of aromatic hydroxyl groups is 2. The molecule has 0 atom stereocenters. The maximum absolute atomic E-state index is 9.12. The lowest BCUT2D eigenvalue weighted by molar-refractivity contribution is 0.463. The van der Waals surface area contributed by atoms with E-state index in [2.05, 4.69) is 0 Å². The van der Waals surface area contributed by atoms with Gasteiger partial charge in [0.15, 0.2) is 7.28 Å². The molecule has 3 heteroatoms. The van der Waals surface area contributed by atoms with Gasteiger partial charge >= 0.3 is 0 Å². The second-order valence-corrected chi connectivity index (χ2v) is 2.17. The minimum absolute atomic E-state index is 0.203. The Kier molecular flexibility index (Phi) is 1.85. The summed E-state index contributed by atoms with van der Waals surface area (Å²) in [5, 5.41) is 18.1. The zero-order valence-corrected chi connectivity index (χ0v) is 5.83. The van der Waals surface area contributed by atoms with Crippen molar-refractivity contribution >= 4 is 12.7 Å². The van der Waals surface area contributed by atoms with Gasteiger partial charge in [-0.25, -0.2) is 0 Å². The van der Waals surface area contributed by atoms with E-state index in [0.717, 1.165) is 12.7 Å². The maximum atomic E-state index is 9.12. The Balaban J connectivity index is 3.09. The molecule has 0 fully saturated rings. The van der Waals surface area contributed by atoms with E-state index in [1.165, 1.54) is 12.1 Å². The molecule has 0 unspecified atom stereocenters. The van der Waals surface area contributed by atoms with Crippen LogP contribution in [0.2, 0.25) is 6.82 Å². The zero-order valence-electron chi connectivity index (χ0n) is 5.83. The molecule has 0 aliphatic rings. The SMILES string of the molecule is CBc1cc(O)ccc1O. The first-order chi connectivity index (χ1) is 4.74. The zero-order chi connectivity index (χ0) is 7.56. The fraction of sp³-hybridized carbons (Fsp3) is 0.143. The molecular formula is C7H9BO2. The normalized spacial score (nSPS) is 9.30. The highest BCUT2D eigenvalue weighted by molar-refractivity contribution is 6.53. The summed E-state index contributed by atoms with van der Waals surface area (Å²) in [6.07, 6.45) is 0. The minimum Gasteiger partial charge on any atom is -0.509 e. The van der Waals surface area contributed by atoms with Crippen molar-refractivity contribution in [2.75, 3.05) is 0 Å². The van der Waals surface area contributed by atoms with Crippen molar-refractivity contribution in [2.45, 2.75) is 6.82 Å². The van der Waals surface area contributed by atoms with Gasteiger partial charge in [-0.3, -0.25) is 0 Å². The third-order valence-corrected chi connectivity index (χ3v) is 1.44. The lowest BCUT2D eigenvalue weighted by Crippen LogP contribution is -2.09. The molecule has 2 nitrogen and oxygen atoms in total. The quantitative estimate of drug-likeness (QED) is 0.427. The molecule has 0 amide bonds. The van der Waals surface area contributed by atoms with Crippen molar-refractivity contribution in [3.8, 4) is 11.5 Å². The van der Waals surface area contributed by atoms with Gasteiger partial charge in [-0.05, 0) is 23.7 Å². The Labute approximate surface area is 60.4 Å². The van der Waals surface area contributed by atoms with E-state index in [4.69, 9.17) is 10.2 Å². The lowest BCUT2D eigenvalue weighted by atomic mass is 9.73. The van der Waals surface area contributed by atoms with Crippen LogP contribution in [0.5, 0.6) is 11.5 Å². The molecule has 1 aromatic rings. The molecule has 52 valence electrons. The summed E-state index contributed by atoms with van der Waals surface area (Å²) < 4.78 is 0. The van der Waals surface area contributed by atoms with Crippen LogP contribution in [0, 0.1) is 0 Å². The molecule has 0 saturated heterocycles. The van der Waals surface area contributed by atoms with Crippen LogP contribution in [0.25, 0.3) is 0 Å². The van der Waals surface area contributed by atoms with Crippen LogP contribution >= 0.6 is 0 Å². The van der Waals surface area contributed by atoms with Crippen molar-refractivity contribution < 1.29 is 10.2 Å². The number of hydrogen-bond acceptors (Lipinski definition) is 2. The van der Waals surface area contributed by atoms with E-state index >= 15 is 0 Å². The first-order valence-corrected chi connectivity index (χ1v) is 3.25. The molecule has 0 aliphatic carbocycles. The predicted octanol–water partition coefficient (Wildman–Crippen LogP) is 0.208. The third-order valence-electron chi connectivity index (χ3n) is 1.44. The van der Waals surface area contributed by atoms with Gasteiger partial charge in [0, 0.05) is 0 Å². The highest BCUT2D eigenvalue weighted by Crippen LogP contribution is 2.11. The topological polar surface area (TPSA) is 40.5 Å². The minimum atomic E-state index is 0.203. The summed E-state index contributed by atoms with van der Waals surface area (Å²) in [5.41, 5.74) is 0.778. The van der Waals surface area contributed by atoms with Gasteiger partial charge in [-0.15, -0.1) is 0 Å². The van der Waals surface area contributed by atoms with Crippen LogP contribution in [0.1, 0.15) is 0 Å². The maximum Gasteiger partial charge on any atom is 0.159 e. The standard InChI is InChI=1S/C7H9BO2/c1-8-6-4-5(9)2-3-7(6)10/h2-4,8-10H,1H3. The van der Waals surface area contributed by atoms with Crippen LogP contribution in [0.4, 0.5) is 0 Å². The average Bonchev–Trinajstić information content (AvgIpc) is 1.94. The van der Waals surface area contributed by atoms with Crippen molar-refractivity contribution in [1.82, 2.24) is 0 Å². The predicted molar refractivity (Wildman–Crippen MR) is 42.4 cm³/mol. The largest absolute Gasteiger partial charge is 0.509 e. The molecule has 0 spiro atoms. The number of benzene rings is 1. The van der Waals surface area contributed by atoms with Crippen LogP contribution in [0.3, 0.4) is 0 Å². The van der Waals surface area contributed by atoms with Crippen molar-refractivity contribution in [3.05, 3.63) is 18.2 Å². The van der Waals surface area contributed by atoms with E-state index in [0.29, 0.717) is 0 Å². The van der Waals surface area contributed by atoms with Gasteiger partial charge in [0.2, 0.25) is 0 Å². The summed E-state index contributed by atoms with van der Waals surface area (Å²) in [6.45, 7) is 1.93. The summed E-state index contributed by atoms with van der Waals surface area (Å²) in [6, 6.07) is 4.53. The molecule has 2 N–H and O–H groups in total. The summed E-state index contributed by atoms with van der Waals surface area (Å²) in [4.78, 5) is 0.